The van der Waals surface area contributed by atoms with Crippen LogP contribution in [0, 0.1) is 0 Å². The molecule has 0 bridgehead atoms. The van der Waals surface area contributed by atoms with Crippen LogP contribution in [0.15, 0.2) is 60.7 Å². The second kappa shape index (κ2) is 7.77. The summed E-state index contributed by atoms with van der Waals surface area (Å²) < 4.78 is 0. The molecule has 3 rings (SSSR count). The van der Waals surface area contributed by atoms with Crippen LogP contribution in [0.2, 0.25) is 0 Å². The number of benzene rings is 2. The zero-order valence-electron chi connectivity index (χ0n) is 13.7. The van der Waals surface area contributed by atoms with Crippen LogP contribution in [-0.2, 0) is 16.0 Å². The number of carbonyl (C=O) groups is 2. The van der Waals surface area contributed by atoms with Crippen molar-refractivity contribution in [2.24, 2.45) is 0 Å². The van der Waals surface area contributed by atoms with Gasteiger partial charge >= 0.3 is 0 Å². The molecule has 1 saturated heterocycles. The molecule has 124 valence electrons. The van der Waals surface area contributed by atoms with Crippen molar-refractivity contribution in [1.82, 2.24) is 4.90 Å². The van der Waals surface area contributed by atoms with E-state index in [1.807, 2.05) is 48.5 Å². The van der Waals surface area contributed by atoms with Gasteiger partial charge in [-0.1, -0.05) is 48.5 Å². The zero-order chi connectivity index (χ0) is 16.8. The van der Waals surface area contributed by atoms with Crippen LogP contribution in [0.1, 0.15) is 18.4 Å². The van der Waals surface area contributed by atoms with E-state index < -0.39 is 0 Å². The summed E-state index contributed by atoms with van der Waals surface area (Å²) >= 11 is 0. The highest BCUT2D eigenvalue weighted by molar-refractivity contribution is 5.97. The zero-order valence-corrected chi connectivity index (χ0v) is 13.7. The molecule has 2 amide bonds. The average molecular weight is 322 g/mol. The molecule has 4 nitrogen and oxygen atoms in total. The fourth-order valence-electron chi connectivity index (χ4n) is 3.01. The lowest BCUT2D eigenvalue weighted by atomic mass is 10.1. The number of piperazine rings is 1. The van der Waals surface area contributed by atoms with E-state index in [9.17, 15) is 9.59 Å². The van der Waals surface area contributed by atoms with Gasteiger partial charge in [-0.05, 0) is 30.5 Å². The smallest absolute Gasteiger partial charge is 0.246 e. The highest BCUT2D eigenvalue weighted by atomic mass is 16.2. The Morgan fingerprint density at radius 2 is 1.58 bits per heavy atom. The van der Waals surface area contributed by atoms with Crippen LogP contribution in [-0.4, -0.2) is 36.3 Å². The Labute approximate surface area is 142 Å². The molecule has 0 N–H and O–H groups in total. The highest BCUT2D eigenvalue weighted by Gasteiger charge is 2.27. The average Bonchev–Trinajstić information content (AvgIpc) is 2.63. The van der Waals surface area contributed by atoms with E-state index >= 15 is 0 Å². The number of aryl methyl sites for hydroxylation is 1. The number of amides is 2. The standard InChI is InChI=1S/C20H22N2O2/c23-19(13-7-10-17-8-3-1-4-9-17)21-14-15-22(20(24)16-21)18-11-5-2-6-12-18/h1-6,8-9,11-12H,7,10,13-16H2. The molecular formula is C20H22N2O2. The summed E-state index contributed by atoms with van der Waals surface area (Å²) in [5.74, 6) is 0.0656. The third-order valence-corrected chi connectivity index (χ3v) is 4.34. The Morgan fingerprint density at radius 1 is 0.917 bits per heavy atom. The van der Waals surface area contributed by atoms with Crippen LogP contribution in [0.3, 0.4) is 0 Å². The molecule has 1 aliphatic rings. The summed E-state index contributed by atoms with van der Waals surface area (Å²) in [5, 5.41) is 0. The number of hydrogen-bond donors (Lipinski definition) is 0. The van der Waals surface area contributed by atoms with E-state index in [0.29, 0.717) is 19.5 Å². The van der Waals surface area contributed by atoms with Gasteiger partial charge in [0.25, 0.3) is 0 Å². The molecule has 0 atom stereocenters. The molecule has 1 fully saturated rings. The molecule has 0 aliphatic carbocycles. The van der Waals surface area contributed by atoms with Crippen molar-refractivity contribution in [3.63, 3.8) is 0 Å². The number of rotatable bonds is 5. The normalized spacial score (nSPS) is 14.8. The van der Waals surface area contributed by atoms with Crippen molar-refractivity contribution in [2.45, 2.75) is 19.3 Å². The minimum absolute atomic E-state index is 0.0103. The Kier molecular flexibility index (Phi) is 5.26. The van der Waals surface area contributed by atoms with E-state index in [2.05, 4.69) is 12.1 Å². The van der Waals surface area contributed by atoms with Gasteiger partial charge in [-0.2, -0.15) is 0 Å². The molecule has 1 heterocycles. The van der Waals surface area contributed by atoms with E-state index in [0.717, 1.165) is 18.5 Å². The molecule has 4 heteroatoms. The molecule has 24 heavy (non-hydrogen) atoms. The van der Waals surface area contributed by atoms with Crippen LogP contribution in [0.25, 0.3) is 0 Å². The second-order valence-corrected chi connectivity index (χ2v) is 6.04. The Balaban J connectivity index is 1.48. The topological polar surface area (TPSA) is 40.6 Å². The molecule has 2 aromatic carbocycles. The third-order valence-electron chi connectivity index (χ3n) is 4.34. The quantitative estimate of drug-likeness (QED) is 0.849. The van der Waals surface area contributed by atoms with Gasteiger partial charge in [0, 0.05) is 25.2 Å². The number of carbonyl (C=O) groups excluding carboxylic acids is 2. The summed E-state index contributed by atoms with van der Waals surface area (Å²) in [5.41, 5.74) is 2.15. The Hall–Kier alpha value is -2.62. The maximum atomic E-state index is 12.3. The summed E-state index contributed by atoms with van der Waals surface area (Å²) in [7, 11) is 0. The lowest BCUT2D eigenvalue weighted by Gasteiger charge is -2.34. The first-order chi connectivity index (χ1) is 11.7. The number of anilines is 1. The Morgan fingerprint density at radius 3 is 2.25 bits per heavy atom. The second-order valence-electron chi connectivity index (χ2n) is 6.04. The summed E-state index contributed by atoms with van der Waals surface area (Å²) in [4.78, 5) is 28.1. The van der Waals surface area contributed by atoms with Crippen molar-refractivity contribution >= 4 is 17.5 Å². The lowest BCUT2D eigenvalue weighted by molar-refractivity contribution is -0.136. The molecular weight excluding hydrogens is 300 g/mol. The monoisotopic (exact) mass is 322 g/mol. The van der Waals surface area contributed by atoms with Gasteiger partial charge in [0.15, 0.2) is 0 Å². The Bertz CT molecular complexity index is 685. The largest absolute Gasteiger partial charge is 0.332 e. The minimum Gasteiger partial charge on any atom is -0.332 e. The first kappa shape index (κ1) is 16.2. The van der Waals surface area contributed by atoms with Gasteiger partial charge in [-0.15, -0.1) is 0 Å². The van der Waals surface area contributed by atoms with Crippen molar-refractivity contribution in [3.8, 4) is 0 Å². The van der Waals surface area contributed by atoms with Gasteiger partial charge in [-0.25, -0.2) is 0 Å². The van der Waals surface area contributed by atoms with Gasteiger partial charge in [0.2, 0.25) is 11.8 Å². The minimum atomic E-state index is -0.0103. The third kappa shape index (κ3) is 4.02. The maximum Gasteiger partial charge on any atom is 0.246 e. The first-order valence-electron chi connectivity index (χ1n) is 8.41. The maximum absolute atomic E-state index is 12.3. The predicted octanol–water partition coefficient (Wildman–Crippen LogP) is 2.88. The fourth-order valence-corrected chi connectivity index (χ4v) is 3.01. The van der Waals surface area contributed by atoms with Crippen molar-refractivity contribution < 1.29 is 9.59 Å². The molecule has 0 aromatic heterocycles. The van der Waals surface area contributed by atoms with Crippen LogP contribution in [0.5, 0.6) is 0 Å². The van der Waals surface area contributed by atoms with Crippen LogP contribution < -0.4 is 4.90 Å². The van der Waals surface area contributed by atoms with Crippen molar-refractivity contribution in [3.05, 3.63) is 66.2 Å². The number of nitrogens with zero attached hydrogens (tertiary/aromatic N) is 2. The molecule has 0 radical (unpaired) electrons. The fraction of sp³-hybridized carbons (Fsp3) is 0.300. The van der Waals surface area contributed by atoms with Gasteiger partial charge < -0.3 is 9.80 Å². The molecule has 2 aromatic rings. The van der Waals surface area contributed by atoms with E-state index in [4.69, 9.17) is 0 Å². The molecule has 1 aliphatic heterocycles. The van der Waals surface area contributed by atoms with Crippen molar-refractivity contribution in [1.29, 1.82) is 0 Å². The highest BCUT2D eigenvalue weighted by Crippen LogP contribution is 2.17. The first-order valence-corrected chi connectivity index (χ1v) is 8.41. The van der Waals surface area contributed by atoms with Gasteiger partial charge in [-0.3, -0.25) is 9.59 Å². The molecule has 0 unspecified atom stereocenters. The van der Waals surface area contributed by atoms with Gasteiger partial charge in [0.1, 0.15) is 6.54 Å². The van der Waals surface area contributed by atoms with E-state index in [-0.39, 0.29) is 18.4 Å². The number of hydrogen-bond acceptors (Lipinski definition) is 2. The molecule has 0 spiro atoms. The van der Waals surface area contributed by atoms with Gasteiger partial charge in [0.05, 0.1) is 0 Å². The SMILES string of the molecule is O=C(CCCc1ccccc1)N1CCN(c2ccccc2)C(=O)C1. The summed E-state index contributed by atoms with van der Waals surface area (Å²) in [6, 6.07) is 19.8. The van der Waals surface area contributed by atoms with Crippen LogP contribution >= 0.6 is 0 Å². The van der Waals surface area contributed by atoms with Crippen molar-refractivity contribution in [2.75, 3.05) is 24.5 Å². The lowest BCUT2D eigenvalue weighted by Crippen LogP contribution is -2.52. The molecule has 0 saturated carbocycles. The summed E-state index contributed by atoms with van der Waals surface area (Å²) in [6.45, 7) is 1.34. The van der Waals surface area contributed by atoms with Crippen LogP contribution in [0.4, 0.5) is 5.69 Å². The van der Waals surface area contributed by atoms with E-state index in [1.54, 1.807) is 9.80 Å². The number of para-hydroxylation sites is 1. The summed E-state index contributed by atoms with van der Waals surface area (Å²) in [6.07, 6.45) is 2.20. The predicted molar refractivity (Wildman–Crippen MR) is 94.8 cm³/mol. The van der Waals surface area contributed by atoms with E-state index in [1.165, 1.54) is 5.56 Å².